The smallest absolute Gasteiger partial charge is 0.288 e. The lowest BCUT2D eigenvalue weighted by Gasteiger charge is -2.10. The highest BCUT2D eigenvalue weighted by Gasteiger charge is 2.11. The minimum Gasteiger partial charge on any atom is -0.438 e. The number of aryl methyl sites for hydroxylation is 2. The summed E-state index contributed by atoms with van der Waals surface area (Å²) in [5.41, 5.74) is 7.73. The minimum atomic E-state index is -0.488. The van der Waals surface area contributed by atoms with E-state index < -0.39 is 4.92 Å². The Hall–Kier alpha value is -2.63. The molecule has 0 unspecified atom stereocenters. The number of aromatic nitrogens is 1. The molecule has 0 aliphatic carbocycles. The van der Waals surface area contributed by atoms with Crippen molar-refractivity contribution in [2.75, 3.05) is 5.73 Å². The van der Waals surface area contributed by atoms with Crippen LogP contribution in [0.1, 0.15) is 11.1 Å². The average molecular weight is 259 g/mol. The van der Waals surface area contributed by atoms with Crippen molar-refractivity contribution in [3.63, 3.8) is 0 Å². The highest BCUT2D eigenvalue weighted by atomic mass is 16.6. The van der Waals surface area contributed by atoms with Crippen LogP contribution < -0.4 is 10.5 Å². The van der Waals surface area contributed by atoms with Gasteiger partial charge >= 0.3 is 0 Å². The molecule has 1 aromatic heterocycles. The van der Waals surface area contributed by atoms with Crippen LogP contribution in [0.2, 0.25) is 0 Å². The van der Waals surface area contributed by atoms with Crippen LogP contribution in [0.4, 0.5) is 11.4 Å². The average Bonchev–Trinajstić information content (AvgIpc) is 2.34. The third-order valence-corrected chi connectivity index (χ3v) is 2.63. The molecular formula is C13H13N3O3. The summed E-state index contributed by atoms with van der Waals surface area (Å²) in [7, 11) is 0. The largest absolute Gasteiger partial charge is 0.438 e. The van der Waals surface area contributed by atoms with Crippen LogP contribution in [-0.4, -0.2) is 9.91 Å². The van der Waals surface area contributed by atoms with Crippen LogP contribution in [0.5, 0.6) is 11.6 Å². The highest BCUT2D eigenvalue weighted by Crippen LogP contribution is 2.28. The Morgan fingerprint density at radius 2 is 2.00 bits per heavy atom. The fraction of sp³-hybridized carbons (Fsp3) is 0.154. The summed E-state index contributed by atoms with van der Waals surface area (Å²) in [5.74, 6) is 0.970. The number of ether oxygens (including phenoxy) is 1. The first-order chi connectivity index (χ1) is 8.97. The maximum Gasteiger partial charge on any atom is 0.288 e. The van der Waals surface area contributed by atoms with Crippen LogP contribution >= 0.6 is 0 Å². The zero-order chi connectivity index (χ0) is 14.0. The number of benzene rings is 1. The second-order valence-electron chi connectivity index (χ2n) is 4.20. The molecule has 6 heteroatoms. The van der Waals surface area contributed by atoms with Gasteiger partial charge < -0.3 is 10.5 Å². The Morgan fingerprint density at radius 1 is 1.26 bits per heavy atom. The Bertz CT molecular complexity index is 641. The van der Waals surface area contributed by atoms with E-state index >= 15 is 0 Å². The van der Waals surface area contributed by atoms with Gasteiger partial charge in [0.25, 0.3) is 5.69 Å². The molecule has 0 aliphatic rings. The Kier molecular flexibility index (Phi) is 3.33. The van der Waals surface area contributed by atoms with Gasteiger partial charge in [0.05, 0.1) is 4.92 Å². The number of rotatable bonds is 3. The molecule has 2 aromatic rings. The molecule has 19 heavy (non-hydrogen) atoms. The first-order valence-corrected chi connectivity index (χ1v) is 5.62. The summed E-state index contributed by atoms with van der Waals surface area (Å²) >= 11 is 0. The zero-order valence-electron chi connectivity index (χ0n) is 10.6. The van der Waals surface area contributed by atoms with Crippen molar-refractivity contribution in [3.05, 3.63) is 51.7 Å². The fourth-order valence-electron chi connectivity index (χ4n) is 1.65. The number of nitrogen functional groups attached to an aromatic ring is 1. The van der Waals surface area contributed by atoms with Crippen molar-refractivity contribution in [3.8, 4) is 11.6 Å². The normalized spacial score (nSPS) is 10.2. The Morgan fingerprint density at radius 3 is 2.58 bits per heavy atom. The van der Waals surface area contributed by atoms with Crippen molar-refractivity contribution >= 4 is 11.4 Å². The van der Waals surface area contributed by atoms with E-state index in [0.29, 0.717) is 22.9 Å². The van der Waals surface area contributed by atoms with Gasteiger partial charge in [-0.2, -0.15) is 0 Å². The van der Waals surface area contributed by atoms with Crippen LogP contribution in [0.15, 0.2) is 30.5 Å². The molecule has 2 N–H and O–H groups in total. The fourth-order valence-corrected chi connectivity index (χ4v) is 1.65. The lowest BCUT2D eigenvalue weighted by atomic mass is 10.2. The maximum absolute atomic E-state index is 10.6. The monoisotopic (exact) mass is 259 g/mol. The van der Waals surface area contributed by atoms with Crippen molar-refractivity contribution in [2.45, 2.75) is 13.8 Å². The van der Waals surface area contributed by atoms with Crippen molar-refractivity contribution < 1.29 is 9.66 Å². The number of nitrogens with two attached hydrogens (primary N) is 1. The number of hydrogen-bond acceptors (Lipinski definition) is 5. The quantitative estimate of drug-likeness (QED) is 0.519. The van der Waals surface area contributed by atoms with Gasteiger partial charge in [0.2, 0.25) is 5.88 Å². The van der Waals surface area contributed by atoms with E-state index in [4.69, 9.17) is 10.5 Å². The Balaban J connectivity index is 2.31. The zero-order valence-corrected chi connectivity index (χ0v) is 10.6. The third-order valence-electron chi connectivity index (χ3n) is 2.63. The van der Waals surface area contributed by atoms with Crippen molar-refractivity contribution in [2.24, 2.45) is 0 Å². The lowest BCUT2D eigenvalue weighted by Crippen LogP contribution is -1.96. The molecule has 0 atom stereocenters. The molecule has 0 saturated carbocycles. The number of hydrogen-bond donors (Lipinski definition) is 1. The molecule has 0 aliphatic heterocycles. The first-order valence-electron chi connectivity index (χ1n) is 5.62. The number of anilines is 1. The van der Waals surface area contributed by atoms with E-state index in [1.807, 2.05) is 6.92 Å². The first kappa shape index (κ1) is 12.8. The van der Waals surface area contributed by atoms with Gasteiger partial charge in [-0.05, 0) is 37.6 Å². The Labute approximate surface area is 110 Å². The van der Waals surface area contributed by atoms with Crippen LogP contribution in [0, 0.1) is 24.0 Å². The van der Waals surface area contributed by atoms with Crippen LogP contribution in [0.3, 0.4) is 0 Å². The molecule has 0 spiro atoms. The summed E-state index contributed by atoms with van der Waals surface area (Å²) in [6, 6.07) is 6.68. The van der Waals surface area contributed by atoms with Gasteiger partial charge in [0.15, 0.2) is 0 Å². The van der Waals surface area contributed by atoms with Gasteiger partial charge in [-0.15, -0.1) is 0 Å². The summed E-state index contributed by atoms with van der Waals surface area (Å²) in [6.45, 7) is 3.58. The molecule has 0 amide bonds. The van der Waals surface area contributed by atoms with Gasteiger partial charge in [-0.3, -0.25) is 10.1 Å². The topological polar surface area (TPSA) is 91.3 Å². The van der Waals surface area contributed by atoms with E-state index in [1.165, 1.54) is 12.3 Å². The third kappa shape index (κ3) is 2.79. The molecule has 1 aromatic carbocycles. The predicted octanol–water partition coefficient (Wildman–Crippen LogP) is 2.98. The molecule has 2 rings (SSSR count). The highest BCUT2D eigenvalue weighted by molar-refractivity contribution is 5.49. The maximum atomic E-state index is 10.6. The molecule has 0 fully saturated rings. The SMILES string of the molecule is Cc1cc(N)ccc1Oc1ncc([N+](=O)[O-])cc1C. The number of pyridine rings is 1. The molecule has 98 valence electrons. The van der Waals surface area contributed by atoms with E-state index in [2.05, 4.69) is 4.98 Å². The number of nitrogens with zero attached hydrogens (tertiary/aromatic N) is 2. The standard InChI is InChI=1S/C13H13N3O3/c1-8-5-10(14)3-4-12(8)19-13-9(2)6-11(7-15-13)16(17)18/h3-7H,14H2,1-2H3. The second kappa shape index (κ2) is 4.93. The summed E-state index contributed by atoms with van der Waals surface area (Å²) in [4.78, 5) is 14.1. The second-order valence-corrected chi connectivity index (χ2v) is 4.20. The molecule has 6 nitrogen and oxygen atoms in total. The molecule has 0 saturated heterocycles. The number of nitro groups is 1. The van der Waals surface area contributed by atoms with Crippen LogP contribution in [0.25, 0.3) is 0 Å². The van der Waals surface area contributed by atoms with E-state index in [0.717, 1.165) is 5.56 Å². The lowest BCUT2D eigenvalue weighted by molar-refractivity contribution is -0.385. The van der Waals surface area contributed by atoms with Gasteiger partial charge in [0.1, 0.15) is 11.9 Å². The summed E-state index contributed by atoms with van der Waals surface area (Å²) in [5, 5.41) is 10.6. The van der Waals surface area contributed by atoms with E-state index in [1.54, 1.807) is 25.1 Å². The molecule has 1 heterocycles. The predicted molar refractivity (Wildman–Crippen MR) is 71.3 cm³/mol. The van der Waals surface area contributed by atoms with E-state index in [9.17, 15) is 10.1 Å². The van der Waals surface area contributed by atoms with Crippen LogP contribution in [-0.2, 0) is 0 Å². The van der Waals surface area contributed by atoms with Gasteiger partial charge in [0, 0.05) is 17.3 Å². The summed E-state index contributed by atoms with van der Waals surface area (Å²) in [6.07, 6.45) is 1.18. The molecular weight excluding hydrogens is 246 g/mol. The molecule has 0 radical (unpaired) electrons. The van der Waals surface area contributed by atoms with Crippen molar-refractivity contribution in [1.82, 2.24) is 4.98 Å². The summed E-state index contributed by atoms with van der Waals surface area (Å²) < 4.78 is 5.64. The van der Waals surface area contributed by atoms with Gasteiger partial charge in [-0.1, -0.05) is 0 Å². The molecule has 0 bridgehead atoms. The minimum absolute atomic E-state index is 0.0566. The van der Waals surface area contributed by atoms with Gasteiger partial charge in [-0.25, -0.2) is 4.98 Å². The van der Waals surface area contributed by atoms with Crippen molar-refractivity contribution in [1.29, 1.82) is 0 Å². The van der Waals surface area contributed by atoms with E-state index in [-0.39, 0.29) is 5.69 Å².